The van der Waals surface area contributed by atoms with Crippen molar-refractivity contribution in [2.75, 3.05) is 13.2 Å². The molecule has 0 aliphatic carbocycles. The van der Waals surface area contributed by atoms with Crippen LogP contribution in [0.1, 0.15) is 19.8 Å². The second-order valence-electron chi connectivity index (χ2n) is 4.06. The molecule has 19 heavy (non-hydrogen) atoms. The van der Waals surface area contributed by atoms with E-state index in [4.69, 9.17) is 33.0 Å². The molecule has 0 fully saturated rings. The van der Waals surface area contributed by atoms with Crippen LogP contribution in [0.5, 0.6) is 5.75 Å². The van der Waals surface area contributed by atoms with Gasteiger partial charge in [-0.2, -0.15) is 0 Å². The number of rotatable bonds is 8. The number of benzene rings is 1. The summed E-state index contributed by atoms with van der Waals surface area (Å²) in [4.78, 5) is 10.9. The van der Waals surface area contributed by atoms with Crippen molar-refractivity contribution in [3.8, 4) is 5.75 Å². The average Bonchev–Trinajstić information content (AvgIpc) is 2.35. The monoisotopic (exact) mass is 305 g/mol. The van der Waals surface area contributed by atoms with Crippen LogP contribution in [0.2, 0.25) is 10.0 Å². The van der Waals surface area contributed by atoms with E-state index in [1.807, 2.05) is 6.92 Å². The minimum absolute atomic E-state index is 0.342. The van der Waals surface area contributed by atoms with Gasteiger partial charge in [0.15, 0.2) is 0 Å². The van der Waals surface area contributed by atoms with Crippen LogP contribution in [-0.4, -0.2) is 30.3 Å². The van der Waals surface area contributed by atoms with Gasteiger partial charge in [-0.15, -0.1) is 0 Å². The molecular weight excluding hydrogens is 289 g/mol. The van der Waals surface area contributed by atoms with Crippen LogP contribution < -0.4 is 10.1 Å². The van der Waals surface area contributed by atoms with Crippen LogP contribution in [0.25, 0.3) is 0 Å². The Bertz CT molecular complexity index is 426. The van der Waals surface area contributed by atoms with E-state index in [1.54, 1.807) is 18.2 Å². The number of carboxylic acids is 1. The third-order valence-corrected chi connectivity index (χ3v) is 3.05. The number of carbonyl (C=O) groups is 1. The second kappa shape index (κ2) is 8.25. The van der Waals surface area contributed by atoms with Crippen LogP contribution in [0, 0.1) is 0 Å². The van der Waals surface area contributed by atoms with Gasteiger partial charge < -0.3 is 15.2 Å². The fourth-order valence-corrected chi connectivity index (χ4v) is 2.05. The Kier molecular flexibility index (Phi) is 6.99. The molecule has 0 aliphatic rings. The topological polar surface area (TPSA) is 58.6 Å². The predicted octanol–water partition coefficient (Wildman–Crippen LogP) is 3.22. The van der Waals surface area contributed by atoms with E-state index in [9.17, 15) is 4.79 Å². The van der Waals surface area contributed by atoms with E-state index < -0.39 is 12.0 Å². The lowest BCUT2D eigenvalue weighted by atomic mass is 10.2. The molecule has 4 nitrogen and oxygen atoms in total. The largest absolute Gasteiger partial charge is 0.491 e. The van der Waals surface area contributed by atoms with Gasteiger partial charge in [0.05, 0.1) is 5.02 Å². The first-order chi connectivity index (χ1) is 9.04. The molecule has 1 rings (SSSR count). The highest BCUT2D eigenvalue weighted by Crippen LogP contribution is 2.27. The van der Waals surface area contributed by atoms with Gasteiger partial charge in [-0.3, -0.25) is 4.79 Å². The molecule has 106 valence electrons. The highest BCUT2D eigenvalue weighted by Gasteiger charge is 2.14. The van der Waals surface area contributed by atoms with E-state index >= 15 is 0 Å². The summed E-state index contributed by atoms with van der Waals surface area (Å²) in [5.74, 6) is -0.304. The van der Waals surface area contributed by atoms with Crippen LogP contribution in [-0.2, 0) is 4.79 Å². The maximum absolute atomic E-state index is 10.9. The van der Waals surface area contributed by atoms with E-state index in [2.05, 4.69) is 5.32 Å². The van der Waals surface area contributed by atoms with E-state index in [0.29, 0.717) is 35.4 Å². The molecule has 0 aliphatic heterocycles. The summed E-state index contributed by atoms with van der Waals surface area (Å²) in [5, 5.41) is 12.9. The zero-order valence-corrected chi connectivity index (χ0v) is 12.2. The SMILES string of the molecule is CCCC(NCCOc1ccc(Cl)cc1Cl)C(=O)O. The summed E-state index contributed by atoms with van der Waals surface area (Å²) < 4.78 is 5.45. The lowest BCUT2D eigenvalue weighted by molar-refractivity contribution is -0.139. The van der Waals surface area contributed by atoms with Crippen molar-refractivity contribution >= 4 is 29.2 Å². The lowest BCUT2D eigenvalue weighted by Crippen LogP contribution is -2.38. The van der Waals surface area contributed by atoms with Crippen molar-refractivity contribution in [1.82, 2.24) is 5.32 Å². The van der Waals surface area contributed by atoms with Crippen molar-refractivity contribution in [2.24, 2.45) is 0 Å². The molecular formula is C13H17Cl2NO3. The van der Waals surface area contributed by atoms with Crippen molar-refractivity contribution in [1.29, 1.82) is 0 Å². The Balaban J connectivity index is 2.35. The van der Waals surface area contributed by atoms with Gasteiger partial charge in [-0.1, -0.05) is 36.5 Å². The Morgan fingerprint density at radius 2 is 2.21 bits per heavy atom. The molecule has 0 spiro atoms. The maximum atomic E-state index is 10.9. The fraction of sp³-hybridized carbons (Fsp3) is 0.462. The Morgan fingerprint density at radius 3 is 2.79 bits per heavy atom. The average molecular weight is 306 g/mol. The molecule has 1 unspecified atom stereocenters. The summed E-state index contributed by atoms with van der Waals surface area (Å²) >= 11 is 11.7. The number of carboxylic acid groups (broad SMARTS) is 1. The fourth-order valence-electron chi connectivity index (χ4n) is 1.59. The van der Waals surface area contributed by atoms with Gasteiger partial charge in [-0.25, -0.2) is 0 Å². The quantitative estimate of drug-likeness (QED) is 0.724. The van der Waals surface area contributed by atoms with Crippen LogP contribution in [0.3, 0.4) is 0 Å². The van der Waals surface area contributed by atoms with Crippen molar-refractivity contribution in [3.63, 3.8) is 0 Å². The van der Waals surface area contributed by atoms with Gasteiger partial charge in [0.25, 0.3) is 0 Å². The predicted molar refractivity (Wildman–Crippen MR) is 76.3 cm³/mol. The number of hydrogen-bond acceptors (Lipinski definition) is 3. The molecule has 0 amide bonds. The maximum Gasteiger partial charge on any atom is 0.320 e. The molecule has 0 saturated heterocycles. The van der Waals surface area contributed by atoms with Crippen molar-refractivity contribution in [3.05, 3.63) is 28.2 Å². The third-order valence-electron chi connectivity index (χ3n) is 2.52. The molecule has 0 heterocycles. The Morgan fingerprint density at radius 1 is 1.47 bits per heavy atom. The first-order valence-electron chi connectivity index (χ1n) is 6.08. The molecule has 0 saturated carbocycles. The van der Waals surface area contributed by atoms with E-state index in [-0.39, 0.29) is 0 Å². The third kappa shape index (κ3) is 5.68. The van der Waals surface area contributed by atoms with E-state index in [1.165, 1.54) is 0 Å². The van der Waals surface area contributed by atoms with Gasteiger partial charge in [-0.05, 0) is 24.6 Å². The van der Waals surface area contributed by atoms with Gasteiger partial charge in [0.2, 0.25) is 0 Å². The minimum Gasteiger partial charge on any atom is -0.491 e. The summed E-state index contributed by atoms with van der Waals surface area (Å²) in [6, 6.07) is 4.44. The first kappa shape index (κ1) is 16.1. The lowest BCUT2D eigenvalue weighted by Gasteiger charge is -2.14. The minimum atomic E-state index is -0.841. The second-order valence-corrected chi connectivity index (χ2v) is 4.90. The van der Waals surface area contributed by atoms with Gasteiger partial charge in [0, 0.05) is 11.6 Å². The molecule has 0 aromatic heterocycles. The number of nitrogens with one attached hydrogen (secondary N) is 1. The number of aliphatic carboxylic acids is 1. The molecule has 6 heteroatoms. The van der Waals surface area contributed by atoms with Crippen LogP contribution in [0.4, 0.5) is 0 Å². The molecule has 1 aromatic rings. The molecule has 1 atom stereocenters. The molecule has 1 aromatic carbocycles. The summed E-state index contributed by atoms with van der Waals surface area (Å²) in [6.45, 7) is 2.73. The molecule has 2 N–H and O–H groups in total. The van der Waals surface area contributed by atoms with Gasteiger partial charge >= 0.3 is 5.97 Å². The number of ether oxygens (including phenoxy) is 1. The first-order valence-corrected chi connectivity index (χ1v) is 6.84. The zero-order chi connectivity index (χ0) is 14.3. The van der Waals surface area contributed by atoms with Crippen molar-refractivity contribution in [2.45, 2.75) is 25.8 Å². The standard InChI is InChI=1S/C13H17Cl2NO3/c1-2-3-11(13(17)18)16-6-7-19-12-5-4-9(14)8-10(12)15/h4-5,8,11,16H,2-3,6-7H2,1H3,(H,17,18). The highest BCUT2D eigenvalue weighted by atomic mass is 35.5. The number of hydrogen-bond donors (Lipinski definition) is 2. The zero-order valence-electron chi connectivity index (χ0n) is 10.7. The van der Waals surface area contributed by atoms with Crippen molar-refractivity contribution < 1.29 is 14.6 Å². The Hall–Kier alpha value is -0.970. The normalized spacial score (nSPS) is 12.2. The highest BCUT2D eigenvalue weighted by molar-refractivity contribution is 6.35. The van der Waals surface area contributed by atoms with Crippen LogP contribution >= 0.6 is 23.2 Å². The van der Waals surface area contributed by atoms with Crippen LogP contribution in [0.15, 0.2) is 18.2 Å². The van der Waals surface area contributed by atoms with Gasteiger partial charge in [0.1, 0.15) is 18.4 Å². The Labute approximate surface area is 122 Å². The molecule has 0 radical (unpaired) electrons. The summed E-state index contributed by atoms with van der Waals surface area (Å²) in [6.07, 6.45) is 1.41. The summed E-state index contributed by atoms with van der Waals surface area (Å²) in [5.41, 5.74) is 0. The summed E-state index contributed by atoms with van der Waals surface area (Å²) in [7, 11) is 0. The van der Waals surface area contributed by atoms with E-state index in [0.717, 1.165) is 6.42 Å². The number of halogens is 2. The molecule has 0 bridgehead atoms. The smallest absolute Gasteiger partial charge is 0.320 e.